The van der Waals surface area contributed by atoms with Gasteiger partial charge in [-0.15, -0.1) is 0 Å². The molecule has 0 fully saturated rings. The van der Waals surface area contributed by atoms with E-state index in [-0.39, 0.29) is 17.5 Å². The van der Waals surface area contributed by atoms with Gasteiger partial charge in [-0.25, -0.2) is 0 Å². The Morgan fingerprint density at radius 1 is 1.06 bits per heavy atom. The third-order valence-electron chi connectivity index (χ3n) is 2.70. The Morgan fingerprint density at radius 3 is 2.18 bits per heavy atom. The molecule has 0 bridgehead atoms. The Hall–Kier alpha value is -1.19. The molecule has 0 aromatic rings. The van der Waals surface area contributed by atoms with Crippen LogP contribution in [0.1, 0.15) is 52.9 Å². The number of esters is 1. The normalized spacial score (nSPS) is 11.9. The molecule has 17 heavy (non-hydrogen) atoms. The Bertz CT molecular complexity index is 271. The minimum Gasteiger partial charge on any atom is -0.466 e. The minimum absolute atomic E-state index is 0.00589. The second-order valence-corrected chi connectivity index (χ2v) is 4.16. The monoisotopic (exact) mass is 242 g/mol. The molecule has 0 aromatic carbocycles. The van der Waals surface area contributed by atoms with E-state index < -0.39 is 5.92 Å². The molecular weight excluding hydrogens is 220 g/mol. The van der Waals surface area contributed by atoms with Gasteiger partial charge >= 0.3 is 5.97 Å². The predicted octanol–water partition coefficient (Wildman–Crippen LogP) is 2.29. The molecule has 1 unspecified atom stereocenters. The highest BCUT2D eigenvalue weighted by molar-refractivity contribution is 6.00. The topological polar surface area (TPSA) is 60.4 Å². The fraction of sp³-hybridized carbons (Fsp3) is 0.769. The van der Waals surface area contributed by atoms with Gasteiger partial charge in [0, 0.05) is 12.8 Å². The Balaban J connectivity index is 3.55. The van der Waals surface area contributed by atoms with Crippen LogP contribution in [0.2, 0.25) is 0 Å². The summed E-state index contributed by atoms with van der Waals surface area (Å²) in [6, 6.07) is 0. The highest BCUT2D eigenvalue weighted by Crippen LogP contribution is 2.09. The van der Waals surface area contributed by atoms with Crippen LogP contribution in [0.5, 0.6) is 0 Å². The van der Waals surface area contributed by atoms with Gasteiger partial charge in [-0.2, -0.15) is 0 Å². The average molecular weight is 242 g/mol. The van der Waals surface area contributed by atoms with Crippen molar-refractivity contribution >= 4 is 17.5 Å². The molecule has 0 aliphatic rings. The van der Waals surface area contributed by atoms with E-state index in [9.17, 15) is 14.4 Å². The van der Waals surface area contributed by atoms with Crippen molar-refractivity contribution in [3.63, 3.8) is 0 Å². The summed E-state index contributed by atoms with van der Waals surface area (Å²) in [5.41, 5.74) is 0. The molecule has 0 aliphatic carbocycles. The molecule has 0 spiro atoms. The van der Waals surface area contributed by atoms with Gasteiger partial charge in [-0.05, 0) is 33.6 Å². The molecule has 0 aliphatic heterocycles. The number of Topliss-reactive ketones (excluding diaryl/α,β-unsaturated/α-hetero) is 2. The summed E-state index contributed by atoms with van der Waals surface area (Å²) in [6.07, 6.45) is 3.11. The zero-order valence-corrected chi connectivity index (χ0v) is 11.0. The molecule has 4 heteroatoms. The number of hydrogen-bond acceptors (Lipinski definition) is 4. The van der Waals surface area contributed by atoms with E-state index >= 15 is 0 Å². The van der Waals surface area contributed by atoms with E-state index in [1.807, 2.05) is 0 Å². The lowest BCUT2D eigenvalue weighted by Gasteiger charge is -2.06. The number of ether oxygens (including phenoxy) is 1. The minimum atomic E-state index is -0.486. The molecule has 0 N–H and O–H groups in total. The smallest absolute Gasteiger partial charge is 0.305 e. The van der Waals surface area contributed by atoms with E-state index in [4.69, 9.17) is 4.74 Å². The van der Waals surface area contributed by atoms with Gasteiger partial charge in [0.1, 0.15) is 11.6 Å². The molecule has 0 rings (SSSR count). The molecule has 0 saturated carbocycles. The summed E-state index contributed by atoms with van der Waals surface area (Å²) in [4.78, 5) is 33.4. The first-order valence-electron chi connectivity index (χ1n) is 6.17. The molecule has 98 valence electrons. The number of ketones is 2. The zero-order valence-electron chi connectivity index (χ0n) is 11.0. The summed E-state index contributed by atoms with van der Waals surface area (Å²) >= 11 is 0. The van der Waals surface area contributed by atoms with Gasteiger partial charge in [0.25, 0.3) is 0 Å². The number of hydrogen-bond donors (Lipinski definition) is 0. The third kappa shape index (κ3) is 7.66. The maximum absolute atomic E-state index is 11.5. The maximum Gasteiger partial charge on any atom is 0.305 e. The highest BCUT2D eigenvalue weighted by atomic mass is 16.5. The van der Waals surface area contributed by atoms with Crippen LogP contribution in [0.15, 0.2) is 0 Å². The van der Waals surface area contributed by atoms with Crippen LogP contribution in [-0.2, 0) is 19.1 Å². The van der Waals surface area contributed by atoms with Gasteiger partial charge in [0.05, 0.1) is 12.5 Å². The van der Waals surface area contributed by atoms with Crippen molar-refractivity contribution in [3.05, 3.63) is 0 Å². The quantitative estimate of drug-likeness (QED) is 0.353. The van der Waals surface area contributed by atoms with Gasteiger partial charge in [0.15, 0.2) is 0 Å². The maximum atomic E-state index is 11.5. The first-order chi connectivity index (χ1) is 7.99. The first-order valence-corrected chi connectivity index (χ1v) is 6.17. The van der Waals surface area contributed by atoms with Crippen LogP contribution in [0.4, 0.5) is 0 Å². The number of unbranched alkanes of at least 4 members (excludes halogenated alkanes) is 2. The Labute approximate surface area is 103 Å². The number of carbonyl (C=O) groups is 3. The van der Waals surface area contributed by atoms with Crippen molar-refractivity contribution in [2.24, 2.45) is 5.92 Å². The molecule has 0 saturated heterocycles. The second kappa shape index (κ2) is 8.90. The van der Waals surface area contributed by atoms with E-state index in [0.717, 1.165) is 19.3 Å². The van der Waals surface area contributed by atoms with Crippen molar-refractivity contribution in [3.8, 4) is 0 Å². The molecule has 1 atom stereocenters. The largest absolute Gasteiger partial charge is 0.466 e. The summed E-state index contributed by atoms with van der Waals surface area (Å²) in [6.45, 7) is 5.26. The third-order valence-corrected chi connectivity index (χ3v) is 2.70. The van der Waals surface area contributed by atoms with Crippen LogP contribution in [0.25, 0.3) is 0 Å². The second-order valence-electron chi connectivity index (χ2n) is 4.16. The van der Waals surface area contributed by atoms with Gasteiger partial charge in [0.2, 0.25) is 0 Å². The van der Waals surface area contributed by atoms with Crippen molar-refractivity contribution in [2.75, 3.05) is 6.61 Å². The van der Waals surface area contributed by atoms with Gasteiger partial charge < -0.3 is 4.74 Å². The van der Waals surface area contributed by atoms with Crippen LogP contribution < -0.4 is 0 Å². The van der Waals surface area contributed by atoms with Crippen LogP contribution in [0.3, 0.4) is 0 Å². The molecule has 0 aromatic heterocycles. The molecule has 0 heterocycles. The lowest BCUT2D eigenvalue weighted by molar-refractivity contribution is -0.143. The molecule has 0 amide bonds. The van der Waals surface area contributed by atoms with E-state index in [1.165, 1.54) is 6.92 Å². The van der Waals surface area contributed by atoms with E-state index in [2.05, 4.69) is 0 Å². The summed E-state index contributed by atoms with van der Waals surface area (Å²) in [5.74, 6) is -0.758. The number of rotatable bonds is 9. The van der Waals surface area contributed by atoms with E-state index in [0.29, 0.717) is 19.4 Å². The Morgan fingerprint density at radius 2 is 1.65 bits per heavy atom. The molecule has 0 radical (unpaired) electrons. The standard InChI is InChI=1S/C13H22O4/c1-4-17-13(16)9-7-5-6-8-12(15)10(2)11(3)14/h10H,4-9H2,1-3H3. The van der Waals surface area contributed by atoms with Gasteiger partial charge in [-0.1, -0.05) is 6.42 Å². The van der Waals surface area contributed by atoms with Crippen molar-refractivity contribution in [2.45, 2.75) is 52.9 Å². The highest BCUT2D eigenvalue weighted by Gasteiger charge is 2.16. The SMILES string of the molecule is CCOC(=O)CCCCCC(=O)C(C)C(C)=O. The summed E-state index contributed by atoms with van der Waals surface area (Å²) < 4.78 is 4.79. The lowest BCUT2D eigenvalue weighted by atomic mass is 9.97. The number of carbonyl (C=O) groups excluding carboxylic acids is 3. The van der Waals surface area contributed by atoms with Crippen molar-refractivity contribution in [1.29, 1.82) is 0 Å². The van der Waals surface area contributed by atoms with Crippen molar-refractivity contribution in [1.82, 2.24) is 0 Å². The van der Waals surface area contributed by atoms with Crippen LogP contribution >= 0.6 is 0 Å². The summed E-state index contributed by atoms with van der Waals surface area (Å²) in [7, 11) is 0. The van der Waals surface area contributed by atoms with Crippen LogP contribution in [-0.4, -0.2) is 24.1 Å². The fourth-order valence-electron chi connectivity index (χ4n) is 1.42. The van der Waals surface area contributed by atoms with Crippen molar-refractivity contribution < 1.29 is 19.1 Å². The average Bonchev–Trinajstić information content (AvgIpc) is 2.27. The van der Waals surface area contributed by atoms with Gasteiger partial charge in [-0.3, -0.25) is 14.4 Å². The van der Waals surface area contributed by atoms with E-state index in [1.54, 1.807) is 13.8 Å². The van der Waals surface area contributed by atoms with Crippen LogP contribution in [0, 0.1) is 5.92 Å². The predicted molar refractivity (Wildman–Crippen MR) is 64.6 cm³/mol. The zero-order chi connectivity index (χ0) is 13.3. The molecular formula is C13H22O4. The summed E-state index contributed by atoms with van der Waals surface area (Å²) in [5, 5.41) is 0. The molecule has 4 nitrogen and oxygen atoms in total. The fourth-order valence-corrected chi connectivity index (χ4v) is 1.42. The lowest BCUT2D eigenvalue weighted by Crippen LogP contribution is -2.18. The first kappa shape index (κ1) is 15.8. The Kier molecular flexibility index (Phi) is 8.28.